The SMILES string of the molecule is COC(=O)C(=O)SCCNC(=O)CCNC(=O)[C@@H]1OC(c2ccc(OC)cc2)OCC1(C)C. The number of methoxy groups -OCH3 is 2. The minimum absolute atomic E-state index is 0.0624. The zero-order valence-electron chi connectivity index (χ0n) is 19.2. The van der Waals surface area contributed by atoms with Crippen molar-refractivity contribution in [1.82, 2.24) is 10.6 Å². The van der Waals surface area contributed by atoms with Gasteiger partial charge in [-0.1, -0.05) is 37.7 Å². The van der Waals surface area contributed by atoms with Crippen molar-refractivity contribution in [3.8, 4) is 5.75 Å². The van der Waals surface area contributed by atoms with Crippen molar-refractivity contribution in [2.75, 3.05) is 39.7 Å². The molecule has 1 fully saturated rings. The molecule has 0 aliphatic carbocycles. The lowest BCUT2D eigenvalue weighted by Crippen LogP contribution is -2.52. The van der Waals surface area contributed by atoms with E-state index in [2.05, 4.69) is 15.4 Å². The molecule has 0 radical (unpaired) electrons. The van der Waals surface area contributed by atoms with Gasteiger partial charge in [-0.3, -0.25) is 14.4 Å². The summed E-state index contributed by atoms with van der Waals surface area (Å²) in [5, 5.41) is 4.65. The monoisotopic (exact) mass is 482 g/mol. The Morgan fingerprint density at radius 2 is 1.79 bits per heavy atom. The highest BCUT2D eigenvalue weighted by atomic mass is 32.2. The fourth-order valence-electron chi connectivity index (χ4n) is 3.02. The summed E-state index contributed by atoms with van der Waals surface area (Å²) in [5.41, 5.74) is 0.214. The lowest BCUT2D eigenvalue weighted by molar-refractivity contribution is -0.258. The minimum Gasteiger partial charge on any atom is -0.497 e. The molecule has 1 heterocycles. The fraction of sp³-hybridized carbons (Fsp3) is 0.545. The summed E-state index contributed by atoms with van der Waals surface area (Å²) < 4.78 is 21.2. The summed E-state index contributed by atoms with van der Waals surface area (Å²) >= 11 is 0.765. The van der Waals surface area contributed by atoms with Crippen LogP contribution in [-0.2, 0) is 33.4 Å². The number of rotatable bonds is 9. The van der Waals surface area contributed by atoms with Crippen LogP contribution in [-0.4, -0.2) is 68.7 Å². The van der Waals surface area contributed by atoms with E-state index in [1.54, 1.807) is 19.2 Å². The molecule has 2 atom stereocenters. The van der Waals surface area contributed by atoms with Crippen LogP contribution >= 0.6 is 11.8 Å². The van der Waals surface area contributed by atoms with Crippen LogP contribution in [0, 0.1) is 5.41 Å². The van der Waals surface area contributed by atoms with E-state index in [0.717, 1.165) is 24.4 Å². The van der Waals surface area contributed by atoms with Gasteiger partial charge in [-0.05, 0) is 12.1 Å². The van der Waals surface area contributed by atoms with E-state index in [1.165, 1.54) is 0 Å². The van der Waals surface area contributed by atoms with E-state index < -0.39 is 28.9 Å². The van der Waals surface area contributed by atoms with Crippen molar-refractivity contribution in [2.24, 2.45) is 5.41 Å². The third-order valence-corrected chi connectivity index (χ3v) is 5.70. The Morgan fingerprint density at radius 1 is 1.09 bits per heavy atom. The quantitative estimate of drug-likeness (QED) is 0.303. The number of benzene rings is 1. The second kappa shape index (κ2) is 12.6. The van der Waals surface area contributed by atoms with Crippen LogP contribution in [0.2, 0.25) is 0 Å². The van der Waals surface area contributed by atoms with Gasteiger partial charge < -0.3 is 29.6 Å². The Morgan fingerprint density at radius 3 is 2.42 bits per heavy atom. The number of carbonyl (C=O) groups is 4. The van der Waals surface area contributed by atoms with Crippen LogP contribution in [0.5, 0.6) is 5.75 Å². The molecule has 2 N–H and O–H groups in total. The first-order valence-electron chi connectivity index (χ1n) is 10.4. The Bertz CT molecular complexity index is 843. The molecule has 0 spiro atoms. The van der Waals surface area contributed by atoms with Crippen molar-refractivity contribution < 1.29 is 38.1 Å². The first kappa shape index (κ1) is 26.6. The molecule has 1 aromatic rings. The predicted molar refractivity (Wildman–Crippen MR) is 120 cm³/mol. The molecule has 182 valence electrons. The smallest absolute Gasteiger partial charge is 0.385 e. The Kier molecular flexibility index (Phi) is 10.1. The highest BCUT2D eigenvalue weighted by Gasteiger charge is 2.43. The van der Waals surface area contributed by atoms with Crippen molar-refractivity contribution in [3.63, 3.8) is 0 Å². The number of nitrogens with one attached hydrogen (secondary N) is 2. The lowest BCUT2D eigenvalue weighted by Gasteiger charge is -2.41. The first-order chi connectivity index (χ1) is 15.7. The van der Waals surface area contributed by atoms with Crippen LogP contribution < -0.4 is 15.4 Å². The van der Waals surface area contributed by atoms with Crippen molar-refractivity contribution >= 4 is 34.7 Å². The van der Waals surface area contributed by atoms with E-state index >= 15 is 0 Å². The molecule has 0 aromatic heterocycles. The summed E-state index contributed by atoms with van der Waals surface area (Å²) in [5.74, 6) is -0.598. The largest absolute Gasteiger partial charge is 0.497 e. The number of hydrogen-bond acceptors (Lipinski definition) is 9. The lowest BCUT2D eigenvalue weighted by atomic mass is 9.85. The average Bonchev–Trinajstić information content (AvgIpc) is 2.81. The maximum atomic E-state index is 12.8. The average molecular weight is 483 g/mol. The second-order valence-electron chi connectivity index (χ2n) is 7.94. The maximum absolute atomic E-state index is 12.8. The number of thioether (sulfide) groups is 1. The highest BCUT2D eigenvalue weighted by Crippen LogP contribution is 2.36. The summed E-state index contributed by atoms with van der Waals surface area (Å²) in [7, 11) is 2.71. The number of carbonyl (C=O) groups excluding carboxylic acids is 4. The van der Waals surface area contributed by atoms with Gasteiger partial charge in [0.2, 0.25) is 11.8 Å². The van der Waals surface area contributed by atoms with Gasteiger partial charge >= 0.3 is 5.97 Å². The minimum atomic E-state index is -0.929. The third kappa shape index (κ3) is 8.02. The number of esters is 1. The van der Waals surface area contributed by atoms with E-state index in [9.17, 15) is 19.2 Å². The van der Waals surface area contributed by atoms with Gasteiger partial charge in [-0.25, -0.2) is 4.79 Å². The van der Waals surface area contributed by atoms with E-state index in [1.807, 2.05) is 26.0 Å². The van der Waals surface area contributed by atoms with Crippen molar-refractivity contribution in [3.05, 3.63) is 29.8 Å². The Labute approximate surface area is 197 Å². The topological polar surface area (TPSA) is 129 Å². The molecule has 0 bridgehead atoms. The van der Waals surface area contributed by atoms with E-state index in [-0.39, 0.29) is 37.1 Å². The highest BCUT2D eigenvalue weighted by molar-refractivity contribution is 8.15. The van der Waals surface area contributed by atoms with Gasteiger partial charge in [0.15, 0.2) is 6.29 Å². The van der Waals surface area contributed by atoms with E-state index in [0.29, 0.717) is 12.4 Å². The fourth-order valence-corrected chi connectivity index (χ4v) is 3.61. The van der Waals surface area contributed by atoms with Gasteiger partial charge in [0.05, 0.1) is 20.8 Å². The van der Waals surface area contributed by atoms with Gasteiger partial charge in [-0.2, -0.15) is 0 Å². The summed E-state index contributed by atoms with van der Waals surface area (Å²) in [6.45, 7) is 4.41. The number of ether oxygens (including phenoxy) is 4. The third-order valence-electron chi connectivity index (χ3n) is 4.86. The van der Waals surface area contributed by atoms with Crippen molar-refractivity contribution in [1.29, 1.82) is 0 Å². The molecule has 1 saturated heterocycles. The van der Waals surface area contributed by atoms with Crippen LogP contribution in [0.1, 0.15) is 32.1 Å². The molecule has 1 aromatic carbocycles. The van der Waals surface area contributed by atoms with Crippen LogP contribution in [0.25, 0.3) is 0 Å². The van der Waals surface area contributed by atoms with Gasteiger partial charge in [0, 0.05) is 36.2 Å². The zero-order chi connectivity index (χ0) is 24.4. The van der Waals surface area contributed by atoms with Crippen LogP contribution in [0.3, 0.4) is 0 Å². The predicted octanol–water partition coefficient (Wildman–Crippen LogP) is 1.19. The molecule has 1 aliphatic heterocycles. The summed E-state index contributed by atoms with van der Waals surface area (Å²) in [6.07, 6.45) is -1.39. The Hall–Kier alpha value is -2.63. The molecule has 10 nitrogen and oxygen atoms in total. The van der Waals surface area contributed by atoms with Crippen LogP contribution in [0.4, 0.5) is 0 Å². The van der Waals surface area contributed by atoms with Gasteiger partial charge in [-0.15, -0.1) is 0 Å². The standard InChI is InChI=1S/C22H30N2O8S/c1-22(2)13-31-21(14-5-7-15(29-3)8-6-14)32-17(22)18(26)24-10-9-16(25)23-11-12-33-20(28)19(27)30-4/h5-8,17,21H,9-13H2,1-4H3,(H,23,25)(H,24,26)/t17-,21?/m0/s1. The summed E-state index contributed by atoms with van der Waals surface area (Å²) in [4.78, 5) is 47.0. The Balaban J connectivity index is 1.77. The molecule has 2 amide bonds. The number of amides is 2. The van der Waals surface area contributed by atoms with Gasteiger partial charge in [0.25, 0.3) is 5.12 Å². The molecule has 1 aliphatic rings. The molecule has 0 saturated carbocycles. The molecule has 11 heteroatoms. The normalized spacial score (nSPS) is 19.3. The zero-order valence-corrected chi connectivity index (χ0v) is 20.0. The molecule has 1 unspecified atom stereocenters. The maximum Gasteiger partial charge on any atom is 0.385 e. The van der Waals surface area contributed by atoms with Gasteiger partial charge in [0.1, 0.15) is 11.9 Å². The summed E-state index contributed by atoms with van der Waals surface area (Å²) in [6, 6.07) is 7.22. The second-order valence-corrected chi connectivity index (χ2v) is 9.01. The first-order valence-corrected chi connectivity index (χ1v) is 11.4. The molecule has 33 heavy (non-hydrogen) atoms. The molecular formula is C22H30N2O8S. The molecular weight excluding hydrogens is 452 g/mol. The van der Waals surface area contributed by atoms with Crippen molar-refractivity contribution in [2.45, 2.75) is 32.7 Å². The number of hydrogen-bond donors (Lipinski definition) is 2. The van der Waals surface area contributed by atoms with E-state index in [4.69, 9.17) is 14.2 Å². The molecule has 2 rings (SSSR count). The van der Waals surface area contributed by atoms with Crippen LogP contribution in [0.15, 0.2) is 24.3 Å².